The van der Waals surface area contributed by atoms with Crippen molar-refractivity contribution in [2.45, 2.75) is 39.7 Å². The number of amides is 3. The molecule has 2 aromatic rings. The van der Waals surface area contributed by atoms with Crippen molar-refractivity contribution in [3.05, 3.63) is 42.5 Å². The minimum atomic E-state index is -0.340. The molecule has 0 saturated carbocycles. The molecule has 0 spiro atoms. The van der Waals surface area contributed by atoms with Gasteiger partial charge in [-0.15, -0.1) is 10.2 Å². The van der Waals surface area contributed by atoms with Gasteiger partial charge < -0.3 is 20.0 Å². The van der Waals surface area contributed by atoms with Crippen molar-refractivity contribution >= 4 is 17.8 Å². The van der Waals surface area contributed by atoms with Crippen LogP contribution in [0.5, 0.6) is 0 Å². The number of nitrogens with zero attached hydrogens (tertiary/aromatic N) is 5. The van der Waals surface area contributed by atoms with Crippen LogP contribution in [0.2, 0.25) is 0 Å². The third-order valence-electron chi connectivity index (χ3n) is 5.37. The number of carbonyl (C=O) groups is 2. The summed E-state index contributed by atoms with van der Waals surface area (Å²) in [4.78, 5) is 30.9. The summed E-state index contributed by atoms with van der Waals surface area (Å²) in [7, 11) is 0. The lowest BCUT2D eigenvalue weighted by Gasteiger charge is -2.29. The van der Waals surface area contributed by atoms with E-state index in [-0.39, 0.29) is 24.0 Å². The van der Waals surface area contributed by atoms with Crippen molar-refractivity contribution in [1.82, 2.24) is 25.3 Å². The molecule has 3 rings (SSSR count). The zero-order valence-electron chi connectivity index (χ0n) is 19.5. The van der Waals surface area contributed by atoms with E-state index in [0.29, 0.717) is 26.2 Å². The number of anilines is 1. The number of benzene rings is 1. The van der Waals surface area contributed by atoms with Gasteiger partial charge in [0.05, 0.1) is 5.69 Å². The Labute approximate surface area is 190 Å². The summed E-state index contributed by atoms with van der Waals surface area (Å²) in [6.45, 7) is 11.0. The SMILES string of the molecule is CCN(CC(=O)N1CCCN(c2ccc(-c3ccccc3)nn2)CC1)C(=O)NC(C)(C)C. The lowest BCUT2D eigenvalue weighted by Crippen LogP contribution is -2.51. The van der Waals surface area contributed by atoms with Crippen molar-refractivity contribution in [3.63, 3.8) is 0 Å². The molecule has 1 N–H and O–H groups in total. The molecule has 1 aromatic carbocycles. The van der Waals surface area contributed by atoms with E-state index in [1.54, 1.807) is 4.90 Å². The van der Waals surface area contributed by atoms with Crippen LogP contribution in [0.1, 0.15) is 34.1 Å². The minimum absolute atomic E-state index is 0.0248. The predicted octanol–water partition coefficient (Wildman–Crippen LogP) is 3.01. The molecule has 0 aliphatic carbocycles. The van der Waals surface area contributed by atoms with Crippen LogP contribution in [0.15, 0.2) is 42.5 Å². The van der Waals surface area contributed by atoms with E-state index in [0.717, 1.165) is 30.0 Å². The first-order chi connectivity index (χ1) is 15.3. The second kappa shape index (κ2) is 10.4. The fourth-order valence-electron chi connectivity index (χ4n) is 3.64. The Bertz CT molecular complexity index is 895. The number of urea groups is 1. The first-order valence-electron chi connectivity index (χ1n) is 11.3. The molecule has 0 bridgehead atoms. The van der Waals surface area contributed by atoms with Crippen LogP contribution in [0.25, 0.3) is 11.3 Å². The van der Waals surface area contributed by atoms with Gasteiger partial charge in [-0.05, 0) is 46.2 Å². The average molecular weight is 439 g/mol. The molecule has 1 aliphatic heterocycles. The largest absolute Gasteiger partial charge is 0.353 e. The fourth-order valence-corrected chi connectivity index (χ4v) is 3.64. The van der Waals surface area contributed by atoms with Crippen LogP contribution in [-0.2, 0) is 4.79 Å². The summed E-state index contributed by atoms with van der Waals surface area (Å²) >= 11 is 0. The van der Waals surface area contributed by atoms with Gasteiger partial charge in [0.2, 0.25) is 5.91 Å². The number of hydrogen-bond donors (Lipinski definition) is 1. The van der Waals surface area contributed by atoms with E-state index in [4.69, 9.17) is 0 Å². The van der Waals surface area contributed by atoms with E-state index in [2.05, 4.69) is 20.4 Å². The van der Waals surface area contributed by atoms with Crippen LogP contribution in [0.3, 0.4) is 0 Å². The molecule has 1 saturated heterocycles. The summed E-state index contributed by atoms with van der Waals surface area (Å²) in [5, 5.41) is 11.7. The zero-order valence-corrected chi connectivity index (χ0v) is 19.5. The van der Waals surface area contributed by atoms with Gasteiger partial charge in [-0.2, -0.15) is 0 Å². The molecule has 172 valence electrons. The Morgan fingerprint density at radius 3 is 2.38 bits per heavy atom. The lowest BCUT2D eigenvalue weighted by molar-refractivity contribution is -0.131. The van der Waals surface area contributed by atoms with Crippen molar-refractivity contribution in [3.8, 4) is 11.3 Å². The molecule has 1 aliphatic rings. The van der Waals surface area contributed by atoms with Crippen LogP contribution < -0.4 is 10.2 Å². The molecule has 8 heteroatoms. The van der Waals surface area contributed by atoms with Gasteiger partial charge in [0.1, 0.15) is 6.54 Å². The predicted molar refractivity (Wildman–Crippen MR) is 126 cm³/mol. The molecule has 0 radical (unpaired) electrons. The molecule has 1 fully saturated rings. The third-order valence-corrected chi connectivity index (χ3v) is 5.37. The van der Waals surface area contributed by atoms with Crippen molar-refractivity contribution < 1.29 is 9.59 Å². The van der Waals surface area contributed by atoms with Gasteiger partial charge in [-0.1, -0.05) is 30.3 Å². The summed E-state index contributed by atoms with van der Waals surface area (Å²) in [6.07, 6.45) is 0.841. The standard InChI is InChI=1S/C24H34N6O2/c1-5-28(23(32)25-24(2,3)4)18-22(31)30-15-9-14-29(16-17-30)21-13-12-20(26-27-21)19-10-7-6-8-11-19/h6-8,10-13H,5,9,14-18H2,1-4H3,(H,25,32). The van der Waals surface area contributed by atoms with Gasteiger partial charge in [-0.3, -0.25) is 4.79 Å². The molecule has 3 amide bonds. The number of likely N-dealkylation sites (N-methyl/N-ethyl adjacent to an activating group) is 1. The molecule has 8 nitrogen and oxygen atoms in total. The van der Waals surface area contributed by atoms with Gasteiger partial charge in [-0.25, -0.2) is 4.79 Å². The average Bonchev–Trinajstić information content (AvgIpc) is 3.03. The topological polar surface area (TPSA) is 81.7 Å². The normalized spacial score (nSPS) is 14.6. The summed E-state index contributed by atoms with van der Waals surface area (Å²) < 4.78 is 0. The van der Waals surface area contributed by atoms with Crippen LogP contribution >= 0.6 is 0 Å². The first-order valence-corrected chi connectivity index (χ1v) is 11.3. The number of aromatic nitrogens is 2. The summed E-state index contributed by atoms with van der Waals surface area (Å²) in [5.74, 6) is 0.794. The molecule has 1 aromatic heterocycles. The van der Waals surface area contributed by atoms with E-state index >= 15 is 0 Å². The Hall–Kier alpha value is -3.16. The Kier molecular flexibility index (Phi) is 7.66. The van der Waals surface area contributed by atoms with E-state index in [1.165, 1.54) is 0 Å². The molecule has 0 unspecified atom stereocenters. The summed E-state index contributed by atoms with van der Waals surface area (Å²) in [5.41, 5.74) is 1.54. The third kappa shape index (κ3) is 6.42. The highest BCUT2D eigenvalue weighted by Gasteiger charge is 2.25. The Morgan fingerprint density at radius 1 is 1.00 bits per heavy atom. The highest BCUT2D eigenvalue weighted by molar-refractivity contribution is 5.84. The van der Waals surface area contributed by atoms with Crippen molar-refractivity contribution in [2.75, 3.05) is 44.2 Å². The Morgan fingerprint density at radius 2 is 1.75 bits per heavy atom. The van der Waals surface area contributed by atoms with Crippen LogP contribution in [0.4, 0.5) is 10.6 Å². The maximum atomic E-state index is 12.9. The fraction of sp³-hybridized carbons (Fsp3) is 0.500. The molecular weight excluding hydrogens is 404 g/mol. The van der Waals surface area contributed by atoms with Gasteiger partial charge >= 0.3 is 6.03 Å². The highest BCUT2D eigenvalue weighted by Crippen LogP contribution is 2.19. The van der Waals surface area contributed by atoms with Crippen molar-refractivity contribution in [2.24, 2.45) is 0 Å². The van der Waals surface area contributed by atoms with Gasteiger partial charge in [0.15, 0.2) is 5.82 Å². The quantitative estimate of drug-likeness (QED) is 0.776. The first kappa shape index (κ1) is 23.5. The monoisotopic (exact) mass is 438 g/mol. The second-order valence-corrected chi connectivity index (χ2v) is 9.06. The number of nitrogens with one attached hydrogen (secondary N) is 1. The molecule has 32 heavy (non-hydrogen) atoms. The smallest absolute Gasteiger partial charge is 0.318 e. The van der Waals surface area contributed by atoms with Crippen LogP contribution in [-0.4, -0.2) is 76.7 Å². The molecule has 0 atom stereocenters. The number of carbonyl (C=O) groups excluding carboxylic acids is 2. The zero-order chi connectivity index (χ0) is 23.1. The van der Waals surface area contributed by atoms with E-state index < -0.39 is 0 Å². The van der Waals surface area contributed by atoms with Crippen molar-refractivity contribution in [1.29, 1.82) is 0 Å². The second-order valence-electron chi connectivity index (χ2n) is 9.06. The van der Waals surface area contributed by atoms with Crippen LogP contribution in [0, 0.1) is 0 Å². The molecule has 2 heterocycles. The summed E-state index contributed by atoms with van der Waals surface area (Å²) in [6, 6.07) is 13.7. The van der Waals surface area contributed by atoms with Gasteiger partial charge in [0, 0.05) is 43.8 Å². The van der Waals surface area contributed by atoms with Gasteiger partial charge in [0.25, 0.3) is 0 Å². The van der Waals surface area contributed by atoms with E-state index in [9.17, 15) is 9.59 Å². The number of hydrogen-bond acceptors (Lipinski definition) is 5. The highest BCUT2D eigenvalue weighted by atomic mass is 16.2. The minimum Gasteiger partial charge on any atom is -0.353 e. The number of rotatable bonds is 5. The molecular formula is C24H34N6O2. The van der Waals surface area contributed by atoms with E-state index in [1.807, 2.05) is 75.1 Å². The Balaban J connectivity index is 1.57. The maximum Gasteiger partial charge on any atom is 0.318 e. The maximum absolute atomic E-state index is 12.9. The lowest BCUT2D eigenvalue weighted by atomic mass is 10.1.